The maximum Gasteiger partial charge on any atom is 0.275 e. The first-order chi connectivity index (χ1) is 14.2. The van der Waals surface area contributed by atoms with Crippen molar-refractivity contribution in [1.82, 2.24) is 20.5 Å². The van der Waals surface area contributed by atoms with Crippen LogP contribution in [0, 0.1) is 5.92 Å². The second-order valence-electron chi connectivity index (χ2n) is 7.80. The molecule has 1 aliphatic carbocycles. The number of amides is 1. The monoisotopic (exact) mass is 390 g/mol. The second kappa shape index (κ2) is 8.55. The highest BCUT2D eigenvalue weighted by molar-refractivity contribution is 5.94. The summed E-state index contributed by atoms with van der Waals surface area (Å²) in [5.74, 6) is 0.886. The molecule has 2 N–H and O–H groups in total. The van der Waals surface area contributed by atoms with Crippen LogP contribution >= 0.6 is 0 Å². The smallest absolute Gasteiger partial charge is 0.275 e. The normalized spacial score (nSPS) is 15.5. The van der Waals surface area contributed by atoms with Crippen LogP contribution in [0.25, 0.3) is 22.2 Å². The van der Waals surface area contributed by atoms with E-state index in [1.165, 1.54) is 12.8 Å². The Morgan fingerprint density at radius 1 is 1.14 bits per heavy atom. The Hall–Kier alpha value is -3.02. The SMILES string of the molecule is CCC(NC(=O)CC1CCCC1)c1nnc(-c2cccc3ccccc23)[nH]c1=O. The fourth-order valence-corrected chi connectivity index (χ4v) is 4.22. The minimum atomic E-state index is -0.429. The van der Waals surface area contributed by atoms with E-state index >= 15 is 0 Å². The van der Waals surface area contributed by atoms with Gasteiger partial charge in [0.2, 0.25) is 5.91 Å². The average Bonchev–Trinajstić information content (AvgIpc) is 3.24. The number of hydrogen-bond acceptors (Lipinski definition) is 4. The molecule has 0 spiro atoms. The number of aromatic nitrogens is 3. The van der Waals surface area contributed by atoms with E-state index in [2.05, 4.69) is 20.5 Å². The van der Waals surface area contributed by atoms with Crippen molar-refractivity contribution >= 4 is 16.7 Å². The number of fused-ring (bicyclic) bond motifs is 1. The Balaban J connectivity index is 1.57. The topological polar surface area (TPSA) is 87.7 Å². The lowest BCUT2D eigenvalue weighted by Crippen LogP contribution is -2.34. The molecule has 0 radical (unpaired) electrons. The lowest BCUT2D eigenvalue weighted by atomic mass is 10.0. The fourth-order valence-electron chi connectivity index (χ4n) is 4.22. The van der Waals surface area contributed by atoms with Gasteiger partial charge in [-0.15, -0.1) is 10.2 Å². The van der Waals surface area contributed by atoms with Crippen LogP contribution in [0.5, 0.6) is 0 Å². The van der Waals surface area contributed by atoms with Crippen molar-refractivity contribution in [1.29, 1.82) is 0 Å². The number of aromatic amines is 1. The van der Waals surface area contributed by atoms with Crippen LogP contribution in [0.3, 0.4) is 0 Å². The Bertz CT molecular complexity index is 1060. The highest BCUT2D eigenvalue weighted by atomic mass is 16.2. The summed E-state index contributed by atoms with van der Waals surface area (Å²) in [6.07, 6.45) is 5.75. The Morgan fingerprint density at radius 2 is 1.90 bits per heavy atom. The molecule has 29 heavy (non-hydrogen) atoms. The third kappa shape index (κ3) is 4.21. The van der Waals surface area contributed by atoms with Gasteiger partial charge in [-0.3, -0.25) is 9.59 Å². The molecule has 1 heterocycles. The van der Waals surface area contributed by atoms with E-state index in [0.717, 1.165) is 29.2 Å². The van der Waals surface area contributed by atoms with Crippen molar-refractivity contribution in [2.75, 3.05) is 0 Å². The second-order valence-corrected chi connectivity index (χ2v) is 7.80. The maximum atomic E-state index is 12.8. The zero-order valence-electron chi connectivity index (χ0n) is 16.6. The number of carbonyl (C=O) groups excluding carboxylic acids is 1. The van der Waals surface area contributed by atoms with Gasteiger partial charge in [0.05, 0.1) is 6.04 Å². The number of carbonyl (C=O) groups is 1. The van der Waals surface area contributed by atoms with Crippen LogP contribution in [0.4, 0.5) is 0 Å². The molecular formula is C23H26N4O2. The summed E-state index contributed by atoms with van der Waals surface area (Å²) in [4.78, 5) is 28.0. The molecule has 6 nitrogen and oxygen atoms in total. The number of nitrogens with one attached hydrogen (secondary N) is 2. The molecule has 1 saturated carbocycles. The van der Waals surface area contributed by atoms with Crippen molar-refractivity contribution < 1.29 is 4.79 Å². The average molecular weight is 390 g/mol. The maximum absolute atomic E-state index is 12.8. The van der Waals surface area contributed by atoms with Gasteiger partial charge in [0.25, 0.3) is 5.56 Å². The summed E-state index contributed by atoms with van der Waals surface area (Å²) >= 11 is 0. The Kier molecular flexibility index (Phi) is 5.69. The van der Waals surface area contributed by atoms with Crippen LogP contribution in [0.15, 0.2) is 47.3 Å². The molecule has 1 aliphatic rings. The molecule has 1 amide bonds. The number of H-pyrrole nitrogens is 1. The van der Waals surface area contributed by atoms with Crippen molar-refractivity contribution in [3.05, 3.63) is 58.5 Å². The molecule has 3 aromatic rings. The molecule has 1 aromatic heterocycles. The molecule has 0 bridgehead atoms. The quantitative estimate of drug-likeness (QED) is 0.662. The number of benzene rings is 2. The molecular weight excluding hydrogens is 364 g/mol. The van der Waals surface area contributed by atoms with Gasteiger partial charge in [-0.05, 0) is 36.0 Å². The Labute approximate surface area is 169 Å². The van der Waals surface area contributed by atoms with Crippen molar-refractivity contribution in [3.8, 4) is 11.4 Å². The first-order valence-electron chi connectivity index (χ1n) is 10.4. The van der Waals surface area contributed by atoms with Crippen LogP contribution in [-0.2, 0) is 4.79 Å². The molecule has 150 valence electrons. The summed E-state index contributed by atoms with van der Waals surface area (Å²) in [5.41, 5.74) is 0.782. The van der Waals surface area contributed by atoms with Crippen molar-refractivity contribution in [2.24, 2.45) is 5.92 Å². The molecule has 2 aromatic carbocycles. The highest BCUT2D eigenvalue weighted by Crippen LogP contribution is 2.28. The standard InChI is InChI=1S/C23H26N4O2/c1-2-19(24-20(28)14-15-8-3-4-9-15)21-23(29)25-22(27-26-21)18-13-7-11-16-10-5-6-12-17(16)18/h5-7,10-13,15,19H,2-4,8-9,14H2,1H3,(H,24,28)(H,25,27,29). The van der Waals surface area contributed by atoms with Gasteiger partial charge in [-0.25, -0.2) is 0 Å². The molecule has 6 heteroatoms. The van der Waals surface area contributed by atoms with Crippen molar-refractivity contribution in [3.63, 3.8) is 0 Å². The van der Waals surface area contributed by atoms with Crippen LogP contribution in [0.2, 0.25) is 0 Å². The lowest BCUT2D eigenvalue weighted by molar-refractivity contribution is -0.122. The summed E-state index contributed by atoms with van der Waals surface area (Å²) in [6.45, 7) is 1.93. The summed E-state index contributed by atoms with van der Waals surface area (Å²) in [5, 5.41) is 13.5. The largest absolute Gasteiger partial charge is 0.347 e. The van der Waals surface area contributed by atoms with E-state index in [0.29, 0.717) is 24.6 Å². The first kappa shape index (κ1) is 19.3. The summed E-state index contributed by atoms with van der Waals surface area (Å²) < 4.78 is 0. The zero-order chi connectivity index (χ0) is 20.2. The van der Waals surface area contributed by atoms with Crippen molar-refractivity contribution in [2.45, 2.75) is 51.5 Å². The predicted molar refractivity (Wildman–Crippen MR) is 113 cm³/mol. The summed E-state index contributed by atoms with van der Waals surface area (Å²) in [6, 6.07) is 13.4. The fraction of sp³-hybridized carbons (Fsp3) is 0.391. The van der Waals surface area contributed by atoms with E-state index in [-0.39, 0.29) is 17.2 Å². The van der Waals surface area contributed by atoms with E-state index in [9.17, 15) is 9.59 Å². The minimum absolute atomic E-state index is 0.0110. The van der Waals surface area contributed by atoms with E-state index in [1.54, 1.807) is 0 Å². The zero-order valence-corrected chi connectivity index (χ0v) is 16.6. The molecule has 0 saturated heterocycles. The third-order valence-corrected chi connectivity index (χ3v) is 5.79. The van der Waals surface area contributed by atoms with Gasteiger partial charge in [0, 0.05) is 12.0 Å². The predicted octanol–water partition coefficient (Wildman–Crippen LogP) is 4.13. The number of rotatable bonds is 6. The van der Waals surface area contributed by atoms with Gasteiger partial charge in [0.1, 0.15) is 0 Å². The molecule has 1 atom stereocenters. The first-order valence-corrected chi connectivity index (χ1v) is 10.4. The van der Waals surface area contributed by atoms with Crippen LogP contribution < -0.4 is 10.9 Å². The highest BCUT2D eigenvalue weighted by Gasteiger charge is 2.23. The van der Waals surface area contributed by atoms with Crippen LogP contribution in [0.1, 0.15) is 57.2 Å². The van der Waals surface area contributed by atoms with E-state index in [4.69, 9.17) is 0 Å². The van der Waals surface area contributed by atoms with Gasteiger partial charge in [-0.2, -0.15) is 0 Å². The summed E-state index contributed by atoms with van der Waals surface area (Å²) in [7, 11) is 0. The number of hydrogen-bond donors (Lipinski definition) is 2. The lowest BCUT2D eigenvalue weighted by Gasteiger charge is -2.17. The van der Waals surface area contributed by atoms with Gasteiger partial charge < -0.3 is 10.3 Å². The minimum Gasteiger partial charge on any atom is -0.347 e. The molecule has 4 rings (SSSR count). The number of nitrogens with zero attached hydrogens (tertiary/aromatic N) is 2. The van der Waals surface area contributed by atoms with E-state index in [1.807, 2.05) is 49.4 Å². The molecule has 1 fully saturated rings. The van der Waals surface area contributed by atoms with Gasteiger partial charge in [0.15, 0.2) is 11.5 Å². The molecule has 1 unspecified atom stereocenters. The Morgan fingerprint density at radius 3 is 2.66 bits per heavy atom. The third-order valence-electron chi connectivity index (χ3n) is 5.79. The van der Waals surface area contributed by atoms with E-state index < -0.39 is 6.04 Å². The van der Waals surface area contributed by atoms with Gasteiger partial charge >= 0.3 is 0 Å². The molecule has 0 aliphatic heterocycles. The van der Waals surface area contributed by atoms with Gasteiger partial charge in [-0.1, -0.05) is 62.2 Å². The van der Waals surface area contributed by atoms with Crippen LogP contribution in [-0.4, -0.2) is 21.1 Å².